The molecule has 6 N–H and O–H groups in total. The number of sulfonamides is 1. The van der Waals surface area contributed by atoms with Crippen LogP contribution >= 0.6 is 0 Å². The van der Waals surface area contributed by atoms with Crippen LogP contribution in [0.2, 0.25) is 0 Å². The third kappa shape index (κ3) is 11.8. The molecule has 6 rings (SSSR count). The van der Waals surface area contributed by atoms with Crippen LogP contribution < -0.4 is 40.7 Å². The first kappa shape index (κ1) is 46.7. The van der Waals surface area contributed by atoms with E-state index in [1.807, 2.05) is 80.1 Å². The van der Waals surface area contributed by atoms with E-state index in [4.69, 9.17) is 14.3 Å². The Kier molecular flexibility index (Phi) is 14.8. The molecule has 2 aliphatic rings. The van der Waals surface area contributed by atoms with Crippen molar-refractivity contribution in [3.05, 3.63) is 131 Å². The van der Waals surface area contributed by atoms with Crippen molar-refractivity contribution < 1.29 is 41.9 Å². The summed E-state index contributed by atoms with van der Waals surface area (Å²) in [5.74, 6) is -1.61. The van der Waals surface area contributed by atoms with Gasteiger partial charge in [0.05, 0.1) is 16.5 Å². The van der Waals surface area contributed by atoms with Gasteiger partial charge in [-0.15, -0.1) is 0 Å². The molecule has 0 saturated heterocycles. The summed E-state index contributed by atoms with van der Waals surface area (Å²) in [6, 6.07) is 29.7. The topological polar surface area (TPSA) is 237 Å². The average molecular weight is 899 g/mol. The summed E-state index contributed by atoms with van der Waals surface area (Å²) in [6.07, 6.45) is 3.35. The highest BCUT2D eigenvalue weighted by Crippen LogP contribution is 2.42. The van der Waals surface area contributed by atoms with Crippen LogP contribution in [0.1, 0.15) is 45.5 Å². The number of primary sulfonamides is 1. The lowest BCUT2D eigenvalue weighted by Crippen LogP contribution is -2.30. The number of hydrogen-bond acceptors (Lipinski definition) is 10. The number of nitriles is 1. The van der Waals surface area contributed by atoms with Crippen LogP contribution in [0.15, 0.2) is 118 Å². The third-order valence-electron chi connectivity index (χ3n) is 10.3. The van der Waals surface area contributed by atoms with Crippen LogP contribution in [0.3, 0.4) is 0 Å². The Morgan fingerprint density at radius 3 is 2.20 bits per heavy atom. The van der Waals surface area contributed by atoms with Crippen molar-refractivity contribution in [1.82, 2.24) is 15.2 Å². The number of hydrogen-bond donors (Lipinski definition) is 5. The number of carbonyl (C=O) groups is 4. The quantitative estimate of drug-likeness (QED) is 0.0259. The molecule has 334 valence electrons. The second kappa shape index (κ2) is 20.6. The molecule has 4 aromatic carbocycles. The van der Waals surface area contributed by atoms with Crippen LogP contribution in [0.5, 0.6) is 5.75 Å². The zero-order valence-electron chi connectivity index (χ0n) is 36.2. The number of nitrogens with one attached hydrogen (secondary N) is 3. The highest BCUT2D eigenvalue weighted by molar-refractivity contribution is 7.89. The maximum Gasteiger partial charge on any atom is 0.336 e. The predicted molar refractivity (Wildman–Crippen MR) is 248 cm³/mol. The molecule has 0 radical (unpaired) electrons. The number of benzene rings is 5. The molecule has 17 heteroatoms. The number of unbranched alkanes of at least 4 members (excludes halogenated alkanes) is 2. The molecule has 1 aliphatic heterocycles. The Bertz CT molecular complexity index is 3000. The van der Waals surface area contributed by atoms with Crippen LogP contribution in [-0.2, 0) is 19.6 Å². The maximum absolute atomic E-state index is 13.2. The Morgan fingerprint density at radius 2 is 1.55 bits per heavy atom. The van der Waals surface area contributed by atoms with E-state index in [0.29, 0.717) is 66.1 Å². The number of aromatic carboxylic acids is 1. The van der Waals surface area contributed by atoms with Gasteiger partial charge in [0.2, 0.25) is 15.4 Å². The van der Waals surface area contributed by atoms with Crippen LogP contribution in [0.25, 0.3) is 39.5 Å². The van der Waals surface area contributed by atoms with E-state index >= 15 is 0 Å². The molecule has 0 spiro atoms. The van der Waals surface area contributed by atoms with Gasteiger partial charge in [-0.25, -0.2) is 22.9 Å². The lowest BCUT2D eigenvalue weighted by molar-refractivity contribution is -0.123. The number of amides is 3. The fourth-order valence-corrected chi connectivity index (χ4v) is 7.37. The molecule has 0 saturated carbocycles. The van der Waals surface area contributed by atoms with Crippen molar-refractivity contribution in [2.24, 2.45) is 5.14 Å². The van der Waals surface area contributed by atoms with E-state index in [9.17, 15) is 38.0 Å². The molecule has 1 heterocycles. The lowest BCUT2D eigenvalue weighted by atomic mass is 9.89. The minimum absolute atomic E-state index is 0.0164. The van der Waals surface area contributed by atoms with Gasteiger partial charge in [-0.05, 0) is 103 Å². The molecule has 1 aliphatic carbocycles. The molecular weight excluding hydrogens is 851 g/mol. The summed E-state index contributed by atoms with van der Waals surface area (Å²) in [4.78, 5) is 52.9. The zero-order chi connectivity index (χ0) is 46.8. The number of carbonyl (C=O) groups excluding carboxylic acids is 3. The van der Waals surface area contributed by atoms with Crippen molar-refractivity contribution in [2.45, 2.75) is 24.2 Å². The van der Waals surface area contributed by atoms with Gasteiger partial charge < -0.3 is 35.1 Å². The molecule has 0 atom stereocenters. The molecule has 4 aromatic rings. The van der Waals surface area contributed by atoms with E-state index in [2.05, 4.69) is 16.0 Å². The Hall–Kier alpha value is -7.81. The summed E-state index contributed by atoms with van der Waals surface area (Å²) in [5, 5.41) is 34.9. The SMILES string of the molecule is CN(C)c1ccc2c(-c3ccc(C(=O)NCCCCCNC(=O)COc4ccc(/C=C(\C#N)C(=O)Nc5ccc(S(N)(=O)=O)cc5)cc4)cc3C(=O)O)c3ccc(=[N+](C)C)cc-3oc2c1. The van der Waals surface area contributed by atoms with E-state index in [0.717, 1.165) is 22.0 Å². The molecule has 65 heavy (non-hydrogen) atoms. The van der Waals surface area contributed by atoms with Gasteiger partial charge in [-0.1, -0.05) is 18.2 Å². The monoisotopic (exact) mass is 898 g/mol. The number of nitrogens with zero attached hydrogens (tertiary/aromatic N) is 3. The Morgan fingerprint density at radius 1 is 0.862 bits per heavy atom. The number of fused-ring (bicyclic) bond motifs is 2. The fraction of sp³-hybridized carbons (Fsp3) is 0.208. The minimum atomic E-state index is -3.89. The molecule has 16 nitrogen and oxygen atoms in total. The second-order valence-corrected chi connectivity index (χ2v) is 17.0. The first-order valence-electron chi connectivity index (χ1n) is 20.4. The number of ether oxygens (including phenoxy) is 1. The summed E-state index contributed by atoms with van der Waals surface area (Å²) >= 11 is 0. The normalized spacial score (nSPS) is 11.4. The van der Waals surface area contributed by atoms with Crippen molar-refractivity contribution in [2.75, 3.05) is 58.1 Å². The molecule has 0 bridgehead atoms. The van der Waals surface area contributed by atoms with Crippen LogP contribution in [-0.4, -0.2) is 85.1 Å². The first-order valence-corrected chi connectivity index (χ1v) is 22.0. The van der Waals surface area contributed by atoms with Crippen molar-refractivity contribution in [1.29, 1.82) is 5.26 Å². The Labute approximate surface area is 375 Å². The van der Waals surface area contributed by atoms with Crippen LogP contribution in [0, 0.1) is 11.3 Å². The first-order chi connectivity index (χ1) is 31.0. The second-order valence-electron chi connectivity index (χ2n) is 15.4. The molecule has 0 aromatic heterocycles. The molecule has 0 unspecified atom stereocenters. The number of carboxylic acid groups (broad SMARTS) is 1. The number of rotatable bonds is 17. The highest BCUT2D eigenvalue weighted by Gasteiger charge is 2.24. The largest absolute Gasteiger partial charge is 0.484 e. The highest BCUT2D eigenvalue weighted by atomic mass is 32.2. The van der Waals surface area contributed by atoms with Crippen molar-refractivity contribution in [3.8, 4) is 34.3 Å². The summed E-state index contributed by atoms with van der Waals surface area (Å²) in [5.41, 5.74) is 4.20. The summed E-state index contributed by atoms with van der Waals surface area (Å²) in [7, 11) is 3.83. The zero-order valence-corrected chi connectivity index (χ0v) is 37.0. The number of carboxylic acids is 1. The fourth-order valence-electron chi connectivity index (χ4n) is 6.85. The smallest absolute Gasteiger partial charge is 0.336 e. The van der Waals surface area contributed by atoms with E-state index in [-0.39, 0.29) is 39.8 Å². The van der Waals surface area contributed by atoms with E-state index in [1.54, 1.807) is 36.4 Å². The lowest BCUT2D eigenvalue weighted by Gasteiger charge is -2.19. The standard InChI is InChI=1S/C48H47N7O9S/c1-54(2)34-13-20-39-42(26-34)64-43-27-35(55(3)4)14-21-40(43)45(39)38-19-10-31(25-41(38)48(59)60)46(57)52-23-7-5-6-22-51-44(56)29-63-36-15-8-30(9-16-36)24-32(28-49)47(58)53-33-11-17-37(18-12-33)65(50,61)62/h8-21,24-27H,5-7,22-23,29H2,1-4H3,(H5-,50,51,52,53,56,57,58,59,60,61,62)/p+1/b32-24+. The van der Waals surface area contributed by atoms with Crippen molar-refractivity contribution >= 4 is 62.1 Å². The maximum atomic E-state index is 13.2. The summed E-state index contributed by atoms with van der Waals surface area (Å²) in [6.45, 7) is 0.502. The number of nitrogens with two attached hydrogens (primary N) is 1. The number of anilines is 2. The van der Waals surface area contributed by atoms with Crippen LogP contribution in [0.4, 0.5) is 11.4 Å². The molecule has 0 fully saturated rings. The van der Waals surface area contributed by atoms with Gasteiger partial charge in [0.25, 0.3) is 17.7 Å². The van der Waals surface area contributed by atoms with Gasteiger partial charge in [0.15, 0.2) is 6.61 Å². The summed E-state index contributed by atoms with van der Waals surface area (Å²) < 4.78 is 36.8. The average Bonchev–Trinajstić information content (AvgIpc) is 3.28. The molecular formula is C48H48N7O9S+. The van der Waals surface area contributed by atoms with Gasteiger partial charge in [-0.3, -0.25) is 14.4 Å². The minimum Gasteiger partial charge on any atom is -0.484 e. The third-order valence-corrected chi connectivity index (χ3v) is 11.3. The van der Waals surface area contributed by atoms with Gasteiger partial charge in [-0.2, -0.15) is 5.26 Å². The van der Waals surface area contributed by atoms with E-state index < -0.39 is 27.8 Å². The predicted octanol–water partition coefficient (Wildman–Crippen LogP) is 5.29. The Balaban J connectivity index is 0.968. The van der Waals surface area contributed by atoms with Crippen molar-refractivity contribution in [3.63, 3.8) is 0 Å². The molecule has 3 amide bonds. The van der Waals surface area contributed by atoms with Gasteiger partial charge in [0, 0.05) is 72.8 Å². The van der Waals surface area contributed by atoms with E-state index in [1.165, 1.54) is 36.4 Å². The van der Waals surface area contributed by atoms with Gasteiger partial charge >= 0.3 is 5.97 Å². The van der Waals surface area contributed by atoms with Gasteiger partial charge in [0.1, 0.15) is 42.8 Å².